The van der Waals surface area contributed by atoms with E-state index in [0.29, 0.717) is 6.54 Å². The average Bonchev–Trinajstić information content (AvgIpc) is 2.39. The van der Waals surface area contributed by atoms with E-state index in [1.54, 1.807) is 23.3 Å². The number of aromatic nitrogens is 2. The van der Waals surface area contributed by atoms with Crippen molar-refractivity contribution in [2.45, 2.75) is 6.54 Å². The highest BCUT2D eigenvalue weighted by atomic mass is 35.5. The standard InChI is InChI=1S/C6H7ClN2O2/c7-6(10)11-4-3-9-2-1-8-5-9/h1-2,5H,3-4H2. The first-order valence-corrected chi connectivity index (χ1v) is 3.45. The number of ether oxygens (including phenoxy) is 1. The van der Waals surface area contributed by atoms with Gasteiger partial charge in [0.05, 0.1) is 12.9 Å². The first-order chi connectivity index (χ1) is 5.29. The van der Waals surface area contributed by atoms with Gasteiger partial charge in [-0.3, -0.25) is 0 Å². The molecule has 1 heterocycles. The van der Waals surface area contributed by atoms with Crippen molar-refractivity contribution >= 4 is 17.0 Å². The Morgan fingerprint density at radius 2 is 2.55 bits per heavy atom. The molecule has 0 atom stereocenters. The van der Waals surface area contributed by atoms with Crippen LogP contribution in [-0.2, 0) is 11.3 Å². The normalized spacial score (nSPS) is 9.55. The first kappa shape index (κ1) is 8.07. The Morgan fingerprint density at radius 1 is 1.73 bits per heavy atom. The van der Waals surface area contributed by atoms with Crippen molar-refractivity contribution in [3.63, 3.8) is 0 Å². The van der Waals surface area contributed by atoms with Crippen LogP contribution in [0.4, 0.5) is 4.79 Å². The summed E-state index contributed by atoms with van der Waals surface area (Å²) in [6, 6.07) is 0. The van der Waals surface area contributed by atoms with Crippen LogP contribution in [-0.4, -0.2) is 21.6 Å². The monoisotopic (exact) mass is 174 g/mol. The number of nitrogens with zero attached hydrogens (tertiary/aromatic N) is 2. The predicted octanol–water partition coefficient (Wildman–Crippen LogP) is 1.26. The number of hydrogen-bond donors (Lipinski definition) is 0. The lowest BCUT2D eigenvalue weighted by Gasteiger charge is -2.00. The molecule has 4 nitrogen and oxygen atoms in total. The molecule has 60 valence electrons. The van der Waals surface area contributed by atoms with E-state index >= 15 is 0 Å². The van der Waals surface area contributed by atoms with E-state index < -0.39 is 5.43 Å². The minimum atomic E-state index is -0.773. The Labute approximate surface area is 68.7 Å². The van der Waals surface area contributed by atoms with Crippen LogP contribution in [0.5, 0.6) is 0 Å². The average molecular weight is 175 g/mol. The highest BCUT2D eigenvalue weighted by molar-refractivity contribution is 6.61. The summed E-state index contributed by atoms with van der Waals surface area (Å²) in [6.45, 7) is 0.858. The van der Waals surface area contributed by atoms with Gasteiger partial charge in [-0.25, -0.2) is 9.78 Å². The maximum atomic E-state index is 10.1. The van der Waals surface area contributed by atoms with Crippen LogP contribution in [0.1, 0.15) is 0 Å². The highest BCUT2D eigenvalue weighted by Crippen LogP contribution is 1.90. The molecule has 0 spiro atoms. The fourth-order valence-electron chi connectivity index (χ4n) is 0.650. The number of rotatable bonds is 3. The second-order valence-electron chi connectivity index (χ2n) is 1.89. The number of carbonyl (C=O) groups excluding carboxylic acids is 1. The smallest absolute Gasteiger partial charge is 0.403 e. The van der Waals surface area contributed by atoms with Gasteiger partial charge in [0.15, 0.2) is 0 Å². The zero-order chi connectivity index (χ0) is 8.10. The van der Waals surface area contributed by atoms with Gasteiger partial charge >= 0.3 is 5.43 Å². The number of halogens is 1. The van der Waals surface area contributed by atoms with Gasteiger partial charge in [0, 0.05) is 24.0 Å². The largest absolute Gasteiger partial charge is 0.452 e. The maximum absolute atomic E-state index is 10.1. The summed E-state index contributed by atoms with van der Waals surface area (Å²) in [4.78, 5) is 13.9. The summed E-state index contributed by atoms with van der Waals surface area (Å²) < 4.78 is 6.28. The molecular formula is C6H7ClN2O2. The molecule has 0 amide bonds. The Balaban J connectivity index is 2.19. The van der Waals surface area contributed by atoms with Crippen LogP contribution in [0.2, 0.25) is 0 Å². The van der Waals surface area contributed by atoms with Crippen molar-refractivity contribution in [2.75, 3.05) is 6.61 Å². The van der Waals surface area contributed by atoms with E-state index in [9.17, 15) is 4.79 Å². The molecule has 0 saturated carbocycles. The molecule has 0 aliphatic carbocycles. The van der Waals surface area contributed by atoms with Gasteiger partial charge in [0.2, 0.25) is 0 Å². The van der Waals surface area contributed by atoms with E-state index in [1.807, 2.05) is 0 Å². The van der Waals surface area contributed by atoms with Crippen LogP contribution in [0.25, 0.3) is 0 Å². The summed E-state index contributed by atoms with van der Waals surface area (Å²) >= 11 is 4.93. The molecule has 0 N–H and O–H groups in total. The topological polar surface area (TPSA) is 44.1 Å². The van der Waals surface area contributed by atoms with Crippen molar-refractivity contribution in [3.8, 4) is 0 Å². The van der Waals surface area contributed by atoms with Gasteiger partial charge in [-0.05, 0) is 0 Å². The summed E-state index contributed by atoms with van der Waals surface area (Å²) in [6.07, 6.45) is 5.08. The molecule has 0 aromatic carbocycles. The van der Waals surface area contributed by atoms with Gasteiger partial charge in [0.1, 0.15) is 6.61 Å². The highest BCUT2D eigenvalue weighted by Gasteiger charge is 1.94. The molecule has 11 heavy (non-hydrogen) atoms. The van der Waals surface area contributed by atoms with Gasteiger partial charge in [-0.2, -0.15) is 0 Å². The van der Waals surface area contributed by atoms with Gasteiger partial charge < -0.3 is 9.30 Å². The molecule has 0 aliphatic heterocycles. The Hall–Kier alpha value is -1.03. The van der Waals surface area contributed by atoms with Gasteiger partial charge in [-0.1, -0.05) is 0 Å². The van der Waals surface area contributed by atoms with E-state index in [-0.39, 0.29) is 6.61 Å². The third kappa shape index (κ3) is 3.04. The fourth-order valence-corrected chi connectivity index (χ4v) is 0.727. The molecule has 1 aromatic rings. The summed E-state index contributed by atoms with van der Waals surface area (Å²) in [5, 5.41) is 0. The van der Waals surface area contributed by atoms with Crippen molar-refractivity contribution in [1.82, 2.24) is 9.55 Å². The third-order valence-corrected chi connectivity index (χ3v) is 1.23. The molecule has 0 bridgehead atoms. The molecular weight excluding hydrogens is 168 g/mol. The number of carbonyl (C=O) groups is 1. The molecule has 0 aliphatic rings. The Bertz CT molecular complexity index is 222. The predicted molar refractivity (Wildman–Crippen MR) is 39.4 cm³/mol. The van der Waals surface area contributed by atoms with Crippen LogP contribution < -0.4 is 0 Å². The molecule has 0 unspecified atom stereocenters. The zero-order valence-electron chi connectivity index (χ0n) is 5.74. The first-order valence-electron chi connectivity index (χ1n) is 3.07. The van der Waals surface area contributed by atoms with Crippen LogP contribution in [0.15, 0.2) is 18.7 Å². The minimum absolute atomic E-state index is 0.276. The van der Waals surface area contributed by atoms with Crippen LogP contribution in [0.3, 0.4) is 0 Å². The van der Waals surface area contributed by atoms with Crippen molar-refractivity contribution in [1.29, 1.82) is 0 Å². The summed E-state index contributed by atoms with van der Waals surface area (Å²) in [7, 11) is 0. The fraction of sp³-hybridized carbons (Fsp3) is 0.333. The lowest BCUT2D eigenvalue weighted by Crippen LogP contribution is -2.04. The quantitative estimate of drug-likeness (QED) is 0.648. The Morgan fingerprint density at radius 3 is 3.09 bits per heavy atom. The number of imidazole rings is 1. The van der Waals surface area contributed by atoms with E-state index in [2.05, 4.69) is 9.72 Å². The third-order valence-electron chi connectivity index (χ3n) is 1.12. The lowest BCUT2D eigenvalue weighted by molar-refractivity contribution is 0.168. The molecule has 1 rings (SSSR count). The molecule has 0 fully saturated rings. The minimum Gasteiger partial charge on any atom is -0.452 e. The molecule has 0 radical (unpaired) electrons. The van der Waals surface area contributed by atoms with Crippen LogP contribution >= 0.6 is 11.6 Å². The van der Waals surface area contributed by atoms with Crippen molar-refractivity contribution in [3.05, 3.63) is 18.7 Å². The van der Waals surface area contributed by atoms with Gasteiger partial charge in [0.25, 0.3) is 0 Å². The van der Waals surface area contributed by atoms with Crippen molar-refractivity contribution < 1.29 is 9.53 Å². The van der Waals surface area contributed by atoms with E-state index in [4.69, 9.17) is 11.6 Å². The van der Waals surface area contributed by atoms with E-state index in [0.717, 1.165) is 0 Å². The summed E-state index contributed by atoms with van der Waals surface area (Å²) in [5.41, 5.74) is -0.773. The SMILES string of the molecule is O=C(Cl)OCCn1ccnc1. The second-order valence-corrected chi connectivity index (χ2v) is 2.20. The summed E-state index contributed by atoms with van der Waals surface area (Å²) in [5.74, 6) is 0. The molecule has 1 aromatic heterocycles. The maximum Gasteiger partial charge on any atom is 0.403 e. The van der Waals surface area contributed by atoms with E-state index in [1.165, 1.54) is 0 Å². The second kappa shape index (κ2) is 3.98. The van der Waals surface area contributed by atoms with Crippen molar-refractivity contribution in [2.24, 2.45) is 0 Å². The molecule has 0 saturated heterocycles. The van der Waals surface area contributed by atoms with Gasteiger partial charge in [-0.15, -0.1) is 0 Å². The number of hydrogen-bond acceptors (Lipinski definition) is 3. The van der Waals surface area contributed by atoms with Crippen LogP contribution in [0, 0.1) is 0 Å². The Kier molecular flexibility index (Phi) is 2.92. The zero-order valence-corrected chi connectivity index (χ0v) is 6.49. The lowest BCUT2D eigenvalue weighted by atomic mass is 10.7. The molecule has 5 heteroatoms.